The van der Waals surface area contributed by atoms with E-state index in [4.69, 9.17) is 0 Å². The van der Waals surface area contributed by atoms with Crippen LogP contribution in [0.2, 0.25) is 0 Å². The highest BCUT2D eigenvalue weighted by molar-refractivity contribution is 7.19. The lowest BCUT2D eigenvalue weighted by atomic mass is 9.98. The molecule has 1 aliphatic rings. The lowest BCUT2D eigenvalue weighted by Crippen LogP contribution is -2.42. The number of likely N-dealkylation sites (tertiary alicyclic amines) is 1. The number of carboxylic acid groups (broad SMARTS) is 1. The second kappa shape index (κ2) is 8.39. The van der Waals surface area contributed by atoms with E-state index in [0.29, 0.717) is 29.6 Å². The molecule has 1 saturated heterocycles. The van der Waals surface area contributed by atoms with Crippen LogP contribution in [0.15, 0.2) is 41.5 Å². The molecule has 8 heteroatoms. The number of benzene rings is 1. The largest absolute Gasteiger partial charge is 0.481 e. The molecule has 1 atom stereocenters. The Morgan fingerprint density at radius 2 is 2.03 bits per heavy atom. The fourth-order valence-corrected chi connectivity index (χ4v) is 5.03. The number of hydrogen-bond donors (Lipinski definition) is 1. The van der Waals surface area contributed by atoms with E-state index in [1.54, 1.807) is 4.90 Å². The maximum Gasteiger partial charge on any atom is 0.308 e. The molecule has 1 unspecified atom stereocenters. The molecule has 0 bridgehead atoms. The number of aliphatic carboxylic acids is 1. The van der Waals surface area contributed by atoms with Crippen LogP contribution in [0.25, 0.3) is 21.3 Å². The predicted molar refractivity (Wildman–Crippen MR) is 116 cm³/mol. The van der Waals surface area contributed by atoms with Gasteiger partial charge in [0.15, 0.2) is 0 Å². The van der Waals surface area contributed by atoms with Gasteiger partial charge >= 0.3 is 5.97 Å². The molecule has 0 saturated carbocycles. The molecule has 30 heavy (non-hydrogen) atoms. The summed E-state index contributed by atoms with van der Waals surface area (Å²) < 4.78 is 1.48. The Hall–Kier alpha value is -3.00. The molecule has 2 aromatic heterocycles. The molecule has 7 nitrogen and oxygen atoms in total. The fourth-order valence-electron chi connectivity index (χ4n) is 4.03. The van der Waals surface area contributed by atoms with Crippen LogP contribution in [0, 0.1) is 12.8 Å². The summed E-state index contributed by atoms with van der Waals surface area (Å²) in [5.74, 6) is -1.50. The van der Waals surface area contributed by atoms with Crippen molar-refractivity contribution in [2.24, 2.45) is 5.92 Å². The molecule has 1 aromatic carbocycles. The number of hydrogen-bond acceptors (Lipinski definition) is 5. The first-order valence-electron chi connectivity index (χ1n) is 10.00. The van der Waals surface area contributed by atoms with Gasteiger partial charge in [-0.15, -0.1) is 11.3 Å². The van der Waals surface area contributed by atoms with Crippen LogP contribution in [0.1, 0.15) is 24.1 Å². The van der Waals surface area contributed by atoms with E-state index in [1.165, 1.54) is 22.2 Å². The molecular formula is C22H23N3O4S. The van der Waals surface area contributed by atoms with Crippen LogP contribution in [0.5, 0.6) is 0 Å². The summed E-state index contributed by atoms with van der Waals surface area (Å²) in [5.41, 5.74) is 1.72. The van der Waals surface area contributed by atoms with Crippen molar-refractivity contribution >= 4 is 33.4 Å². The van der Waals surface area contributed by atoms with E-state index in [9.17, 15) is 19.5 Å². The van der Waals surface area contributed by atoms with Gasteiger partial charge in [0.2, 0.25) is 5.91 Å². The van der Waals surface area contributed by atoms with Gasteiger partial charge in [-0.25, -0.2) is 4.98 Å². The van der Waals surface area contributed by atoms with Gasteiger partial charge in [0.1, 0.15) is 4.83 Å². The number of piperidine rings is 1. The van der Waals surface area contributed by atoms with Gasteiger partial charge in [-0.05, 0) is 25.3 Å². The number of carbonyl (C=O) groups is 2. The number of aryl methyl sites for hydroxylation is 2. The lowest BCUT2D eigenvalue weighted by Gasteiger charge is -2.30. The lowest BCUT2D eigenvalue weighted by molar-refractivity contribution is -0.145. The van der Waals surface area contributed by atoms with Gasteiger partial charge in [-0.2, -0.15) is 0 Å². The summed E-state index contributed by atoms with van der Waals surface area (Å²) in [6, 6.07) is 9.77. The van der Waals surface area contributed by atoms with E-state index >= 15 is 0 Å². The molecule has 3 aromatic rings. The number of carboxylic acids is 1. The van der Waals surface area contributed by atoms with Crippen molar-refractivity contribution in [3.05, 3.63) is 51.9 Å². The number of rotatable bonds is 5. The molecule has 0 radical (unpaired) electrons. The van der Waals surface area contributed by atoms with Crippen LogP contribution in [-0.2, 0) is 16.1 Å². The maximum absolute atomic E-state index is 13.2. The minimum absolute atomic E-state index is 0.127. The normalized spacial score (nSPS) is 16.7. The number of carbonyl (C=O) groups excluding carboxylic acids is 1. The van der Waals surface area contributed by atoms with Gasteiger partial charge in [0.05, 0.1) is 17.6 Å². The highest BCUT2D eigenvalue weighted by Crippen LogP contribution is 2.35. The molecule has 0 spiro atoms. The van der Waals surface area contributed by atoms with Gasteiger partial charge < -0.3 is 10.0 Å². The second-order valence-corrected chi connectivity index (χ2v) is 8.79. The molecule has 4 rings (SSSR count). The zero-order chi connectivity index (χ0) is 21.3. The zero-order valence-corrected chi connectivity index (χ0v) is 17.5. The van der Waals surface area contributed by atoms with Gasteiger partial charge in [-0.3, -0.25) is 19.0 Å². The van der Waals surface area contributed by atoms with E-state index in [2.05, 4.69) is 4.98 Å². The highest BCUT2D eigenvalue weighted by atomic mass is 32.1. The van der Waals surface area contributed by atoms with Crippen molar-refractivity contribution in [3.8, 4) is 11.1 Å². The second-order valence-electron chi connectivity index (χ2n) is 7.59. The van der Waals surface area contributed by atoms with Gasteiger partial charge in [-0.1, -0.05) is 30.3 Å². The SMILES string of the molecule is Cc1sc2ncn(CCC(=O)N3CCCC(C(=O)O)C3)c(=O)c2c1-c1ccccc1. The Labute approximate surface area is 177 Å². The average molecular weight is 426 g/mol. The first-order valence-corrected chi connectivity index (χ1v) is 10.8. The molecule has 0 aliphatic carbocycles. The van der Waals surface area contributed by atoms with Crippen LogP contribution in [0.3, 0.4) is 0 Å². The Morgan fingerprint density at radius 3 is 2.77 bits per heavy atom. The first kappa shape index (κ1) is 20.3. The summed E-state index contributed by atoms with van der Waals surface area (Å²) in [4.78, 5) is 44.8. The van der Waals surface area contributed by atoms with Crippen LogP contribution < -0.4 is 5.56 Å². The monoisotopic (exact) mass is 425 g/mol. The third-order valence-corrected chi connectivity index (χ3v) is 6.62. The summed E-state index contributed by atoms with van der Waals surface area (Å²) in [6.45, 7) is 3.01. The Morgan fingerprint density at radius 1 is 1.27 bits per heavy atom. The Balaban J connectivity index is 1.57. The van der Waals surface area contributed by atoms with Crippen LogP contribution in [-0.4, -0.2) is 44.5 Å². The summed E-state index contributed by atoms with van der Waals surface area (Å²) in [5, 5.41) is 9.80. The number of fused-ring (bicyclic) bond motifs is 1. The van der Waals surface area contributed by atoms with Crippen LogP contribution >= 0.6 is 11.3 Å². The van der Waals surface area contributed by atoms with E-state index in [1.807, 2.05) is 37.3 Å². The number of thiophene rings is 1. The smallest absolute Gasteiger partial charge is 0.308 e. The van der Waals surface area contributed by atoms with Crippen molar-refractivity contribution < 1.29 is 14.7 Å². The summed E-state index contributed by atoms with van der Waals surface area (Å²) in [7, 11) is 0. The van der Waals surface area contributed by atoms with Crippen molar-refractivity contribution in [2.45, 2.75) is 32.7 Å². The standard InChI is InChI=1S/C22H23N3O4S/c1-14-18(15-6-3-2-4-7-15)19-20(30-14)23-13-25(21(19)27)11-9-17(26)24-10-5-8-16(12-24)22(28)29/h2-4,6-7,13,16H,5,8-12H2,1H3,(H,28,29). The highest BCUT2D eigenvalue weighted by Gasteiger charge is 2.28. The Bertz CT molecular complexity index is 1150. The zero-order valence-electron chi connectivity index (χ0n) is 16.7. The van der Waals surface area contributed by atoms with Crippen LogP contribution in [0.4, 0.5) is 0 Å². The topological polar surface area (TPSA) is 92.5 Å². The molecular weight excluding hydrogens is 402 g/mol. The third-order valence-electron chi connectivity index (χ3n) is 5.61. The molecule has 156 valence electrons. The van der Waals surface area contributed by atoms with Crippen molar-refractivity contribution in [1.29, 1.82) is 0 Å². The minimum atomic E-state index is -0.861. The number of aromatic nitrogens is 2. The number of nitrogens with zero attached hydrogens (tertiary/aromatic N) is 3. The summed E-state index contributed by atoms with van der Waals surface area (Å²) in [6.07, 6.45) is 2.92. The Kier molecular flexibility index (Phi) is 5.67. The van der Waals surface area contributed by atoms with Crippen molar-refractivity contribution in [2.75, 3.05) is 13.1 Å². The van der Waals surface area contributed by atoms with Gasteiger partial charge in [0, 0.05) is 36.5 Å². The quantitative estimate of drug-likeness (QED) is 0.678. The molecule has 3 heterocycles. The van der Waals surface area contributed by atoms with Crippen molar-refractivity contribution in [3.63, 3.8) is 0 Å². The molecule has 1 aliphatic heterocycles. The van der Waals surface area contributed by atoms with Gasteiger partial charge in [0.25, 0.3) is 5.56 Å². The molecule has 1 N–H and O–H groups in total. The van der Waals surface area contributed by atoms with E-state index in [-0.39, 0.29) is 31.0 Å². The number of amides is 1. The first-order chi connectivity index (χ1) is 14.5. The molecule has 1 amide bonds. The van der Waals surface area contributed by atoms with E-state index in [0.717, 1.165) is 16.0 Å². The average Bonchev–Trinajstić information content (AvgIpc) is 3.10. The fraction of sp³-hybridized carbons (Fsp3) is 0.364. The van der Waals surface area contributed by atoms with Crippen molar-refractivity contribution in [1.82, 2.24) is 14.5 Å². The minimum Gasteiger partial charge on any atom is -0.481 e. The van der Waals surface area contributed by atoms with E-state index < -0.39 is 11.9 Å². The maximum atomic E-state index is 13.2. The summed E-state index contributed by atoms with van der Waals surface area (Å²) >= 11 is 1.49. The predicted octanol–water partition coefficient (Wildman–Crippen LogP) is 3.15. The molecule has 1 fully saturated rings. The third kappa shape index (κ3) is 3.87.